The van der Waals surface area contributed by atoms with Gasteiger partial charge in [-0.2, -0.15) is 0 Å². The average molecular weight is 480 g/mol. The molecule has 1 amide bonds. The fourth-order valence-corrected chi connectivity index (χ4v) is 3.08. The standard InChI is InChI=1S/C22H18ClN7O4/c1-29-21(32)28-20(30(22(29)33)12-13-2-4-14(23)5-3-13)26-15-6-8-16(9-7-15)34-18-11-25-10-17(27-18)19(24)31/h2-11H,12H2,1H3,(H2,24,31)(H,26,28,32). The second kappa shape index (κ2) is 9.55. The number of rotatable bonds is 6. The zero-order valence-corrected chi connectivity index (χ0v) is 18.6. The molecule has 3 N–H and O–H groups in total. The van der Waals surface area contributed by atoms with Gasteiger partial charge in [0.1, 0.15) is 11.4 Å². The molecule has 0 aliphatic rings. The number of nitrogens with two attached hydrogens (primary N) is 1. The summed E-state index contributed by atoms with van der Waals surface area (Å²) < 4.78 is 7.90. The smallest absolute Gasteiger partial charge is 0.335 e. The van der Waals surface area contributed by atoms with Crippen LogP contribution >= 0.6 is 11.6 Å². The molecular formula is C22H18ClN7O4. The number of aromatic nitrogens is 5. The van der Waals surface area contributed by atoms with Gasteiger partial charge in [0.15, 0.2) is 0 Å². The molecule has 11 nitrogen and oxygen atoms in total. The van der Waals surface area contributed by atoms with Crippen LogP contribution in [0.4, 0.5) is 5.69 Å². The minimum atomic E-state index is -0.720. The minimum absolute atomic E-state index is 0.0241. The van der Waals surface area contributed by atoms with E-state index in [1.54, 1.807) is 48.5 Å². The highest BCUT2D eigenvalue weighted by Crippen LogP contribution is 2.22. The van der Waals surface area contributed by atoms with E-state index in [0.29, 0.717) is 16.5 Å². The number of nitrogens with one attached hydrogen (secondary N) is 1. The molecule has 34 heavy (non-hydrogen) atoms. The maximum absolute atomic E-state index is 12.8. The third-order valence-corrected chi connectivity index (χ3v) is 4.96. The van der Waals surface area contributed by atoms with Crippen LogP contribution in [0.5, 0.6) is 11.6 Å². The van der Waals surface area contributed by atoms with Crippen LogP contribution in [0.15, 0.2) is 75.5 Å². The summed E-state index contributed by atoms with van der Waals surface area (Å²) in [5.74, 6) is -0.221. The molecule has 4 aromatic rings. The van der Waals surface area contributed by atoms with E-state index < -0.39 is 17.3 Å². The van der Waals surface area contributed by atoms with E-state index in [-0.39, 0.29) is 23.7 Å². The summed E-state index contributed by atoms with van der Waals surface area (Å²) in [7, 11) is 1.38. The molecule has 0 fully saturated rings. The van der Waals surface area contributed by atoms with Crippen LogP contribution in [0.1, 0.15) is 16.1 Å². The lowest BCUT2D eigenvalue weighted by molar-refractivity contribution is 0.0994. The van der Waals surface area contributed by atoms with E-state index >= 15 is 0 Å². The highest BCUT2D eigenvalue weighted by Gasteiger charge is 2.08. The Morgan fingerprint density at radius 2 is 1.82 bits per heavy atom. The Balaban J connectivity index is 1.66. The van der Waals surface area contributed by atoms with E-state index in [1.807, 2.05) is 0 Å². The van der Waals surface area contributed by atoms with E-state index in [2.05, 4.69) is 19.9 Å². The fourth-order valence-electron chi connectivity index (χ4n) is 2.96. The fraction of sp³-hybridized carbons (Fsp3) is 0.0909. The molecule has 12 heteroatoms. The van der Waals surface area contributed by atoms with Gasteiger partial charge in [0, 0.05) is 12.1 Å². The monoisotopic (exact) mass is 479 g/mol. The van der Waals surface area contributed by atoms with E-state index in [4.69, 9.17) is 22.1 Å². The molecule has 2 aromatic heterocycles. The van der Waals surface area contributed by atoms with Crippen molar-refractivity contribution in [1.29, 1.82) is 0 Å². The van der Waals surface area contributed by atoms with Gasteiger partial charge in [0.05, 0.1) is 24.6 Å². The van der Waals surface area contributed by atoms with Crippen molar-refractivity contribution in [3.63, 3.8) is 0 Å². The van der Waals surface area contributed by atoms with Crippen LogP contribution in [-0.2, 0) is 13.6 Å². The number of aromatic amines is 1. The first-order valence-corrected chi connectivity index (χ1v) is 10.3. The first-order chi connectivity index (χ1) is 16.3. The first kappa shape index (κ1) is 22.7. The molecule has 0 bridgehead atoms. The van der Waals surface area contributed by atoms with Crippen molar-refractivity contribution in [1.82, 2.24) is 24.1 Å². The molecule has 0 atom stereocenters. The average Bonchev–Trinajstić information content (AvgIpc) is 2.83. The van der Waals surface area contributed by atoms with Crippen LogP contribution in [0.2, 0.25) is 5.02 Å². The summed E-state index contributed by atoms with van der Waals surface area (Å²) in [5, 5.41) is 0.572. The summed E-state index contributed by atoms with van der Waals surface area (Å²) in [6, 6.07) is 13.5. The van der Waals surface area contributed by atoms with Crippen LogP contribution < -0.4 is 27.5 Å². The molecule has 4 rings (SSSR count). The Hall–Kier alpha value is -4.51. The van der Waals surface area contributed by atoms with Gasteiger partial charge >= 0.3 is 11.4 Å². The van der Waals surface area contributed by atoms with Gasteiger partial charge in [-0.25, -0.2) is 24.1 Å². The number of carbonyl (C=O) groups is 1. The van der Waals surface area contributed by atoms with Gasteiger partial charge in [-0.15, -0.1) is 0 Å². The van der Waals surface area contributed by atoms with Crippen molar-refractivity contribution in [3.8, 4) is 11.6 Å². The molecule has 2 heterocycles. The topological polar surface area (TPSA) is 150 Å². The number of hydrogen-bond donors (Lipinski definition) is 2. The number of benzene rings is 2. The summed E-state index contributed by atoms with van der Waals surface area (Å²) in [5.41, 5.74) is 5.40. The number of primary amides is 1. The van der Waals surface area contributed by atoms with Crippen molar-refractivity contribution in [2.45, 2.75) is 6.54 Å². The third kappa shape index (κ3) is 5.10. The lowest BCUT2D eigenvalue weighted by atomic mass is 10.2. The quantitative estimate of drug-likeness (QED) is 0.427. The van der Waals surface area contributed by atoms with Crippen molar-refractivity contribution in [2.24, 2.45) is 17.8 Å². The van der Waals surface area contributed by atoms with E-state index in [0.717, 1.165) is 10.1 Å². The Labute approximate surface area is 196 Å². The summed E-state index contributed by atoms with van der Waals surface area (Å²) in [6.45, 7) is 0.176. The molecular weight excluding hydrogens is 462 g/mol. The molecule has 0 spiro atoms. The maximum atomic E-state index is 12.8. The highest BCUT2D eigenvalue weighted by atomic mass is 35.5. The lowest BCUT2D eigenvalue weighted by Crippen LogP contribution is -2.48. The van der Waals surface area contributed by atoms with Gasteiger partial charge in [0.2, 0.25) is 11.5 Å². The van der Waals surface area contributed by atoms with Crippen molar-refractivity contribution in [3.05, 3.63) is 104 Å². The first-order valence-electron chi connectivity index (χ1n) is 9.89. The molecule has 2 aromatic carbocycles. The van der Waals surface area contributed by atoms with Gasteiger partial charge in [-0.05, 0) is 42.0 Å². The maximum Gasteiger partial charge on any atom is 0.335 e. The van der Waals surface area contributed by atoms with Crippen molar-refractivity contribution in [2.75, 3.05) is 0 Å². The zero-order chi connectivity index (χ0) is 24.2. The number of nitrogens with zero attached hydrogens (tertiary/aromatic N) is 5. The predicted molar refractivity (Wildman–Crippen MR) is 123 cm³/mol. The second-order valence-corrected chi connectivity index (χ2v) is 7.56. The predicted octanol–water partition coefficient (Wildman–Crippen LogP) is 1.49. The highest BCUT2D eigenvalue weighted by molar-refractivity contribution is 6.30. The molecule has 0 unspecified atom stereocenters. The normalized spacial score (nSPS) is 11.4. The Morgan fingerprint density at radius 3 is 2.50 bits per heavy atom. The van der Waals surface area contributed by atoms with Crippen molar-refractivity contribution < 1.29 is 9.53 Å². The van der Waals surface area contributed by atoms with Crippen LogP contribution in [0.25, 0.3) is 0 Å². The van der Waals surface area contributed by atoms with Crippen molar-refractivity contribution >= 4 is 23.2 Å². The van der Waals surface area contributed by atoms with Crippen LogP contribution in [0, 0.1) is 0 Å². The SMILES string of the molecule is Cn1c(=O)[nH]/c(=N\c2ccc(Oc3cncc(C(N)=O)n3)cc2)n(Cc2ccc(Cl)cc2)c1=O. The minimum Gasteiger partial charge on any atom is -0.437 e. The molecule has 0 aliphatic heterocycles. The summed E-state index contributed by atoms with van der Waals surface area (Å²) in [4.78, 5) is 51.1. The molecule has 172 valence electrons. The van der Waals surface area contributed by atoms with Crippen LogP contribution in [0.3, 0.4) is 0 Å². The number of carbonyl (C=O) groups excluding carboxylic acids is 1. The zero-order valence-electron chi connectivity index (χ0n) is 17.8. The number of ether oxygens (including phenoxy) is 1. The third-order valence-electron chi connectivity index (χ3n) is 4.71. The van der Waals surface area contributed by atoms with E-state index in [9.17, 15) is 14.4 Å². The molecule has 0 saturated heterocycles. The summed E-state index contributed by atoms with van der Waals surface area (Å²) >= 11 is 5.94. The Kier molecular flexibility index (Phi) is 6.37. The summed E-state index contributed by atoms with van der Waals surface area (Å²) in [6.07, 6.45) is 2.58. The van der Waals surface area contributed by atoms with Gasteiger partial charge in [-0.3, -0.25) is 19.3 Å². The number of halogens is 1. The second-order valence-electron chi connectivity index (χ2n) is 7.12. The van der Waals surface area contributed by atoms with Gasteiger partial charge in [0.25, 0.3) is 5.91 Å². The van der Waals surface area contributed by atoms with Gasteiger partial charge < -0.3 is 10.5 Å². The Bertz CT molecular complexity index is 1540. The van der Waals surface area contributed by atoms with Crippen LogP contribution in [-0.4, -0.2) is 30.0 Å². The van der Waals surface area contributed by atoms with E-state index in [1.165, 1.54) is 24.0 Å². The largest absolute Gasteiger partial charge is 0.437 e. The molecule has 0 radical (unpaired) electrons. The number of amides is 1. The number of hydrogen-bond acceptors (Lipinski definition) is 7. The van der Waals surface area contributed by atoms with Gasteiger partial charge in [-0.1, -0.05) is 23.7 Å². The lowest BCUT2D eigenvalue weighted by Gasteiger charge is -2.09. The molecule has 0 aliphatic carbocycles. The Morgan fingerprint density at radius 1 is 1.12 bits per heavy atom. The molecule has 0 saturated carbocycles. The number of H-pyrrole nitrogens is 1.